The number of amides is 2. The molecule has 100 valence electrons. The molecule has 0 atom stereocenters. The molecule has 2 amide bonds. The number of para-hydroxylation sites is 1. The maximum atomic E-state index is 11.9. The van der Waals surface area contributed by atoms with E-state index < -0.39 is 0 Å². The van der Waals surface area contributed by atoms with E-state index in [1.54, 1.807) is 6.07 Å². The molecule has 0 spiro atoms. The van der Waals surface area contributed by atoms with Gasteiger partial charge in [0.15, 0.2) is 0 Å². The molecule has 0 aliphatic rings. The number of benzene rings is 1. The van der Waals surface area contributed by atoms with Gasteiger partial charge in [-0.25, -0.2) is 0 Å². The van der Waals surface area contributed by atoms with Crippen molar-refractivity contribution < 1.29 is 9.59 Å². The lowest BCUT2D eigenvalue weighted by atomic mass is 10.2. The molecule has 3 N–H and O–H groups in total. The predicted octanol–water partition coefficient (Wildman–Crippen LogP) is 1.42. The molecular weight excluding hydrogens is 242 g/mol. The summed E-state index contributed by atoms with van der Waals surface area (Å²) >= 11 is 0. The van der Waals surface area contributed by atoms with Crippen molar-refractivity contribution in [2.75, 3.05) is 13.1 Å². The van der Waals surface area contributed by atoms with Gasteiger partial charge in [-0.2, -0.15) is 0 Å². The number of hydrogen-bond donors (Lipinski definition) is 3. The zero-order valence-electron chi connectivity index (χ0n) is 10.8. The molecule has 1 aromatic heterocycles. The third kappa shape index (κ3) is 3.34. The lowest BCUT2D eigenvalue weighted by Crippen LogP contribution is -2.37. The minimum absolute atomic E-state index is 0.00576. The van der Waals surface area contributed by atoms with Crippen molar-refractivity contribution in [1.82, 2.24) is 15.6 Å². The van der Waals surface area contributed by atoms with Crippen molar-refractivity contribution in [3.05, 3.63) is 36.0 Å². The highest BCUT2D eigenvalue weighted by Gasteiger charge is 2.10. The van der Waals surface area contributed by atoms with Gasteiger partial charge in [-0.3, -0.25) is 9.59 Å². The third-order valence-electron chi connectivity index (χ3n) is 2.76. The monoisotopic (exact) mass is 259 g/mol. The molecule has 5 nitrogen and oxygen atoms in total. The van der Waals surface area contributed by atoms with Gasteiger partial charge in [-0.05, 0) is 18.6 Å². The number of carbonyl (C=O) groups excluding carboxylic acids is 2. The normalized spacial score (nSPS) is 10.4. The molecule has 0 radical (unpaired) electrons. The van der Waals surface area contributed by atoms with Gasteiger partial charge in [0, 0.05) is 17.4 Å². The maximum Gasteiger partial charge on any atom is 0.268 e. The highest BCUT2D eigenvalue weighted by atomic mass is 16.2. The average Bonchev–Trinajstić information content (AvgIpc) is 2.86. The molecule has 0 aliphatic heterocycles. The van der Waals surface area contributed by atoms with Crippen LogP contribution in [0.4, 0.5) is 0 Å². The number of fused-ring (bicyclic) bond motifs is 1. The Balaban J connectivity index is 1.94. The van der Waals surface area contributed by atoms with E-state index in [9.17, 15) is 9.59 Å². The smallest absolute Gasteiger partial charge is 0.268 e. The van der Waals surface area contributed by atoms with Gasteiger partial charge in [0.2, 0.25) is 5.91 Å². The zero-order valence-corrected chi connectivity index (χ0v) is 10.8. The second-order valence-corrected chi connectivity index (χ2v) is 4.30. The van der Waals surface area contributed by atoms with E-state index in [0.29, 0.717) is 12.2 Å². The van der Waals surface area contributed by atoms with Gasteiger partial charge in [0.05, 0.1) is 6.54 Å². The van der Waals surface area contributed by atoms with Crippen LogP contribution in [0.2, 0.25) is 0 Å². The number of aromatic amines is 1. The quantitative estimate of drug-likeness (QED) is 0.759. The SMILES string of the molecule is CCCNC(=O)CNC(=O)c1cc2ccccc2[nH]1. The molecule has 2 rings (SSSR count). The number of rotatable bonds is 5. The summed E-state index contributed by atoms with van der Waals surface area (Å²) in [5.41, 5.74) is 1.37. The number of aromatic nitrogens is 1. The topological polar surface area (TPSA) is 74.0 Å². The molecule has 0 unspecified atom stereocenters. The van der Waals surface area contributed by atoms with Crippen LogP contribution in [0.15, 0.2) is 30.3 Å². The van der Waals surface area contributed by atoms with Crippen molar-refractivity contribution in [2.45, 2.75) is 13.3 Å². The van der Waals surface area contributed by atoms with Crippen LogP contribution < -0.4 is 10.6 Å². The summed E-state index contributed by atoms with van der Waals surface area (Å²) in [7, 11) is 0. The second kappa shape index (κ2) is 6.04. The summed E-state index contributed by atoms with van der Waals surface area (Å²) in [6.45, 7) is 2.60. The van der Waals surface area contributed by atoms with Crippen LogP contribution in [0, 0.1) is 0 Å². The van der Waals surface area contributed by atoms with Gasteiger partial charge < -0.3 is 15.6 Å². The van der Waals surface area contributed by atoms with E-state index in [4.69, 9.17) is 0 Å². The predicted molar refractivity (Wildman–Crippen MR) is 73.9 cm³/mol. The van der Waals surface area contributed by atoms with Crippen molar-refractivity contribution in [1.29, 1.82) is 0 Å². The van der Waals surface area contributed by atoms with Crippen LogP contribution in [-0.2, 0) is 4.79 Å². The van der Waals surface area contributed by atoms with Gasteiger partial charge >= 0.3 is 0 Å². The Morgan fingerprint density at radius 3 is 2.74 bits per heavy atom. The molecule has 0 bridgehead atoms. The Kier molecular flexibility index (Phi) is 4.18. The van der Waals surface area contributed by atoms with Crippen LogP contribution in [0.1, 0.15) is 23.8 Å². The zero-order chi connectivity index (χ0) is 13.7. The van der Waals surface area contributed by atoms with E-state index in [2.05, 4.69) is 15.6 Å². The van der Waals surface area contributed by atoms with E-state index in [0.717, 1.165) is 17.3 Å². The Bertz CT molecular complexity index is 556. The van der Waals surface area contributed by atoms with Crippen molar-refractivity contribution >= 4 is 22.7 Å². The maximum absolute atomic E-state index is 11.9. The molecule has 2 aromatic rings. The van der Waals surface area contributed by atoms with Gasteiger partial charge in [-0.15, -0.1) is 0 Å². The van der Waals surface area contributed by atoms with Crippen molar-refractivity contribution in [3.8, 4) is 0 Å². The molecule has 1 aromatic carbocycles. The number of hydrogen-bond acceptors (Lipinski definition) is 2. The molecule has 19 heavy (non-hydrogen) atoms. The summed E-state index contributed by atoms with van der Waals surface area (Å²) in [5.74, 6) is -0.450. The fourth-order valence-corrected chi connectivity index (χ4v) is 1.78. The first-order valence-electron chi connectivity index (χ1n) is 6.33. The summed E-state index contributed by atoms with van der Waals surface area (Å²) in [4.78, 5) is 26.3. The minimum Gasteiger partial charge on any atom is -0.355 e. The fourth-order valence-electron chi connectivity index (χ4n) is 1.78. The van der Waals surface area contributed by atoms with E-state index in [-0.39, 0.29) is 18.4 Å². The highest BCUT2D eigenvalue weighted by Crippen LogP contribution is 2.14. The van der Waals surface area contributed by atoms with Crippen LogP contribution in [0.25, 0.3) is 10.9 Å². The number of H-pyrrole nitrogens is 1. The summed E-state index contributed by atoms with van der Waals surface area (Å²) in [6, 6.07) is 9.42. The Morgan fingerprint density at radius 1 is 1.21 bits per heavy atom. The fraction of sp³-hybridized carbons (Fsp3) is 0.286. The average molecular weight is 259 g/mol. The Labute approximate surface area is 111 Å². The minimum atomic E-state index is -0.275. The van der Waals surface area contributed by atoms with E-state index in [1.807, 2.05) is 31.2 Å². The molecule has 1 heterocycles. The Hall–Kier alpha value is -2.30. The first kappa shape index (κ1) is 13.1. The van der Waals surface area contributed by atoms with Gasteiger partial charge in [0.1, 0.15) is 5.69 Å². The van der Waals surface area contributed by atoms with E-state index >= 15 is 0 Å². The molecule has 0 aliphatic carbocycles. The summed E-state index contributed by atoms with van der Waals surface area (Å²) in [6.07, 6.45) is 0.877. The van der Waals surface area contributed by atoms with E-state index in [1.165, 1.54) is 0 Å². The van der Waals surface area contributed by atoms with Gasteiger partial charge in [0.25, 0.3) is 5.91 Å². The Morgan fingerprint density at radius 2 is 2.00 bits per heavy atom. The van der Waals surface area contributed by atoms with Crippen LogP contribution in [0.3, 0.4) is 0 Å². The molecule has 0 saturated heterocycles. The largest absolute Gasteiger partial charge is 0.355 e. The molecule has 5 heteroatoms. The first-order chi connectivity index (χ1) is 9.20. The highest BCUT2D eigenvalue weighted by molar-refractivity contribution is 5.99. The molecule has 0 saturated carbocycles. The number of nitrogens with one attached hydrogen (secondary N) is 3. The van der Waals surface area contributed by atoms with Crippen LogP contribution >= 0.6 is 0 Å². The lowest BCUT2D eigenvalue weighted by Gasteiger charge is -2.04. The van der Waals surface area contributed by atoms with Crippen molar-refractivity contribution in [2.24, 2.45) is 0 Å². The second-order valence-electron chi connectivity index (χ2n) is 4.30. The standard InChI is InChI=1S/C14H17N3O2/c1-2-7-15-13(18)9-16-14(19)12-8-10-5-3-4-6-11(10)17-12/h3-6,8,17H,2,7,9H2,1H3,(H,15,18)(H,16,19). The number of carbonyl (C=O) groups is 2. The summed E-state index contributed by atoms with van der Waals surface area (Å²) in [5, 5.41) is 6.26. The van der Waals surface area contributed by atoms with Gasteiger partial charge in [-0.1, -0.05) is 25.1 Å². The van der Waals surface area contributed by atoms with Crippen LogP contribution in [0.5, 0.6) is 0 Å². The molecular formula is C14H17N3O2. The van der Waals surface area contributed by atoms with Crippen molar-refractivity contribution in [3.63, 3.8) is 0 Å². The lowest BCUT2D eigenvalue weighted by molar-refractivity contribution is -0.120. The first-order valence-corrected chi connectivity index (χ1v) is 6.33. The molecule has 0 fully saturated rings. The van der Waals surface area contributed by atoms with Crippen LogP contribution in [-0.4, -0.2) is 29.9 Å². The summed E-state index contributed by atoms with van der Waals surface area (Å²) < 4.78 is 0. The third-order valence-corrected chi connectivity index (χ3v) is 2.76.